The molecule has 0 aromatic heterocycles. The van der Waals surface area contributed by atoms with Crippen molar-refractivity contribution in [3.8, 4) is 0 Å². The van der Waals surface area contributed by atoms with Gasteiger partial charge in [0.2, 0.25) is 10.0 Å². The average Bonchev–Trinajstić information content (AvgIpc) is 2.68. The van der Waals surface area contributed by atoms with Crippen LogP contribution in [-0.4, -0.2) is 51.0 Å². The van der Waals surface area contributed by atoms with Gasteiger partial charge < -0.3 is 4.90 Å². The molecule has 0 amide bonds. The van der Waals surface area contributed by atoms with Crippen LogP contribution >= 0.6 is 0 Å². The van der Waals surface area contributed by atoms with Gasteiger partial charge in [-0.15, -0.1) is 0 Å². The van der Waals surface area contributed by atoms with E-state index in [-0.39, 0.29) is 16.3 Å². The second kappa shape index (κ2) is 8.51. The second-order valence-corrected chi connectivity index (χ2v) is 8.08. The van der Waals surface area contributed by atoms with Gasteiger partial charge in [0.1, 0.15) is 4.90 Å². The molecule has 0 radical (unpaired) electrons. The number of benzene rings is 2. The van der Waals surface area contributed by atoms with Gasteiger partial charge in [-0.25, -0.2) is 13.6 Å². The number of nitro groups is 1. The number of nitrogens with zero attached hydrogens (tertiary/aromatic N) is 3. The molecule has 1 aliphatic rings. The number of primary sulfonamides is 1. The van der Waals surface area contributed by atoms with Gasteiger partial charge in [-0.1, -0.05) is 42.5 Å². The average molecular weight is 402 g/mol. The number of anilines is 1. The summed E-state index contributed by atoms with van der Waals surface area (Å²) in [6.07, 6.45) is 4.15. The van der Waals surface area contributed by atoms with Gasteiger partial charge in [0.05, 0.1) is 10.6 Å². The molecule has 8 nitrogen and oxygen atoms in total. The summed E-state index contributed by atoms with van der Waals surface area (Å²) in [5.74, 6) is 0. The summed E-state index contributed by atoms with van der Waals surface area (Å²) in [5.41, 5.74) is 1.27. The lowest BCUT2D eigenvalue weighted by Crippen LogP contribution is -2.46. The molecular formula is C19H22N4O4S. The summed E-state index contributed by atoms with van der Waals surface area (Å²) in [4.78, 5) is 14.5. The molecule has 0 aliphatic carbocycles. The Bertz CT molecular complexity index is 969. The first-order chi connectivity index (χ1) is 13.3. The standard InChI is InChI=1S/C19H22N4O4S/c20-28(26,27)19-9-8-17(23(24)25)15-18(19)22-13-11-21(12-14-22)10-4-7-16-5-2-1-3-6-16/h1-9,15H,10-14H2,(H2,20,26,27)/b7-4+. The zero-order valence-electron chi connectivity index (χ0n) is 15.3. The van der Waals surface area contributed by atoms with E-state index in [1.54, 1.807) is 0 Å². The smallest absolute Gasteiger partial charge is 0.271 e. The third-order valence-corrected chi connectivity index (χ3v) is 5.60. The number of piperazine rings is 1. The van der Waals surface area contributed by atoms with Crippen molar-refractivity contribution >= 4 is 27.5 Å². The minimum Gasteiger partial charge on any atom is -0.368 e. The second-order valence-electron chi connectivity index (χ2n) is 6.55. The molecule has 2 aromatic rings. The van der Waals surface area contributed by atoms with Gasteiger partial charge in [0.15, 0.2) is 0 Å². The van der Waals surface area contributed by atoms with Crippen LogP contribution in [0, 0.1) is 10.1 Å². The molecule has 1 saturated heterocycles. The molecule has 1 aliphatic heterocycles. The first-order valence-corrected chi connectivity index (χ1v) is 10.4. The monoisotopic (exact) mass is 402 g/mol. The molecule has 1 fully saturated rings. The first-order valence-electron chi connectivity index (χ1n) is 8.85. The number of nitro benzene ring substituents is 1. The summed E-state index contributed by atoms with van der Waals surface area (Å²) in [6, 6.07) is 13.7. The van der Waals surface area contributed by atoms with Crippen LogP contribution in [0.4, 0.5) is 11.4 Å². The van der Waals surface area contributed by atoms with E-state index in [0.29, 0.717) is 26.2 Å². The fourth-order valence-corrected chi connectivity index (χ4v) is 3.92. The highest BCUT2D eigenvalue weighted by Crippen LogP contribution is 2.29. The molecular weight excluding hydrogens is 380 g/mol. The van der Waals surface area contributed by atoms with Gasteiger partial charge in [-0.05, 0) is 11.6 Å². The Labute approximate surface area is 164 Å². The lowest BCUT2D eigenvalue weighted by Gasteiger charge is -2.36. The first kappa shape index (κ1) is 20.0. The van der Waals surface area contributed by atoms with Gasteiger partial charge in [-0.2, -0.15) is 0 Å². The lowest BCUT2D eigenvalue weighted by atomic mass is 10.2. The Kier molecular flexibility index (Phi) is 6.08. The van der Waals surface area contributed by atoms with E-state index >= 15 is 0 Å². The van der Waals surface area contributed by atoms with Crippen molar-refractivity contribution in [3.63, 3.8) is 0 Å². The van der Waals surface area contributed by atoms with Crippen LogP contribution in [0.1, 0.15) is 5.56 Å². The van der Waals surface area contributed by atoms with Gasteiger partial charge in [-0.3, -0.25) is 15.0 Å². The Morgan fingerprint density at radius 3 is 2.36 bits per heavy atom. The zero-order chi connectivity index (χ0) is 20.1. The van der Waals surface area contributed by atoms with Gasteiger partial charge >= 0.3 is 0 Å². The number of hydrogen-bond acceptors (Lipinski definition) is 6. The molecule has 0 saturated carbocycles. The maximum atomic E-state index is 11.9. The third kappa shape index (κ3) is 4.94. The predicted octanol–water partition coefficient (Wildman–Crippen LogP) is 2.08. The minimum absolute atomic E-state index is 0.0875. The van der Waals surface area contributed by atoms with Crippen LogP contribution in [0.3, 0.4) is 0 Å². The van der Waals surface area contributed by atoms with Crippen LogP contribution in [0.5, 0.6) is 0 Å². The number of sulfonamides is 1. The highest BCUT2D eigenvalue weighted by Gasteiger charge is 2.25. The van der Waals surface area contributed by atoms with E-state index in [1.165, 1.54) is 12.1 Å². The number of nitrogens with two attached hydrogens (primary N) is 1. The minimum atomic E-state index is -3.97. The summed E-state index contributed by atoms with van der Waals surface area (Å²) >= 11 is 0. The van der Waals surface area contributed by atoms with Crippen molar-refractivity contribution in [1.82, 2.24) is 4.90 Å². The van der Waals surface area contributed by atoms with Crippen molar-refractivity contribution in [2.24, 2.45) is 5.14 Å². The Morgan fingerprint density at radius 1 is 1.07 bits per heavy atom. The Morgan fingerprint density at radius 2 is 1.75 bits per heavy atom. The molecule has 0 unspecified atom stereocenters. The van der Waals surface area contributed by atoms with E-state index in [2.05, 4.69) is 17.1 Å². The Hall–Kier alpha value is -2.75. The molecule has 2 aromatic carbocycles. The van der Waals surface area contributed by atoms with Crippen LogP contribution in [0.25, 0.3) is 6.08 Å². The lowest BCUT2D eigenvalue weighted by molar-refractivity contribution is -0.384. The van der Waals surface area contributed by atoms with Crippen molar-refractivity contribution in [1.29, 1.82) is 0 Å². The SMILES string of the molecule is NS(=O)(=O)c1ccc([N+](=O)[O-])cc1N1CCN(C/C=C/c2ccccc2)CC1. The zero-order valence-corrected chi connectivity index (χ0v) is 16.1. The van der Waals surface area contributed by atoms with Crippen LogP contribution in [-0.2, 0) is 10.0 Å². The maximum absolute atomic E-state index is 11.9. The molecule has 1 heterocycles. The van der Waals surface area contributed by atoms with E-state index in [4.69, 9.17) is 5.14 Å². The van der Waals surface area contributed by atoms with Gasteiger partial charge in [0.25, 0.3) is 5.69 Å². The largest absolute Gasteiger partial charge is 0.368 e. The maximum Gasteiger partial charge on any atom is 0.271 e. The molecule has 0 bridgehead atoms. The van der Waals surface area contributed by atoms with E-state index in [1.807, 2.05) is 35.2 Å². The van der Waals surface area contributed by atoms with Crippen molar-refractivity contribution < 1.29 is 13.3 Å². The summed E-state index contributed by atoms with van der Waals surface area (Å²) in [7, 11) is -3.97. The van der Waals surface area contributed by atoms with E-state index in [9.17, 15) is 18.5 Å². The number of hydrogen-bond donors (Lipinski definition) is 1. The molecule has 28 heavy (non-hydrogen) atoms. The topological polar surface area (TPSA) is 110 Å². The fraction of sp³-hybridized carbons (Fsp3) is 0.263. The molecule has 0 spiro atoms. The third-order valence-electron chi connectivity index (χ3n) is 4.65. The number of rotatable bonds is 6. The molecule has 0 atom stereocenters. The molecule has 3 rings (SSSR count). The number of non-ortho nitro benzene ring substituents is 1. The van der Waals surface area contributed by atoms with Crippen molar-refractivity contribution in [2.75, 3.05) is 37.6 Å². The normalized spacial score (nSPS) is 15.8. The summed E-state index contributed by atoms with van der Waals surface area (Å²) < 4.78 is 23.8. The Balaban J connectivity index is 1.68. The highest BCUT2D eigenvalue weighted by molar-refractivity contribution is 7.89. The van der Waals surface area contributed by atoms with Crippen LogP contribution in [0.2, 0.25) is 0 Å². The van der Waals surface area contributed by atoms with Gasteiger partial charge in [0, 0.05) is 44.9 Å². The summed E-state index contributed by atoms with van der Waals surface area (Å²) in [6.45, 7) is 3.32. The quantitative estimate of drug-likeness (QED) is 0.585. The fourth-order valence-electron chi connectivity index (χ4n) is 3.18. The predicted molar refractivity (Wildman–Crippen MR) is 109 cm³/mol. The highest BCUT2D eigenvalue weighted by atomic mass is 32.2. The molecule has 2 N–H and O–H groups in total. The molecule has 148 valence electrons. The summed E-state index contributed by atoms with van der Waals surface area (Å²) in [5, 5.41) is 16.4. The van der Waals surface area contributed by atoms with Crippen LogP contribution < -0.4 is 10.0 Å². The molecule has 9 heteroatoms. The van der Waals surface area contributed by atoms with Crippen LogP contribution in [0.15, 0.2) is 59.5 Å². The van der Waals surface area contributed by atoms with Crippen molar-refractivity contribution in [3.05, 3.63) is 70.3 Å². The van der Waals surface area contributed by atoms with Crippen molar-refractivity contribution in [2.45, 2.75) is 4.90 Å². The van der Waals surface area contributed by atoms with E-state index < -0.39 is 14.9 Å². The van der Waals surface area contributed by atoms with E-state index in [0.717, 1.165) is 18.2 Å².